The fourth-order valence-electron chi connectivity index (χ4n) is 3.60. The van der Waals surface area contributed by atoms with E-state index in [1.807, 2.05) is 0 Å². The Labute approximate surface area is 155 Å². The lowest BCUT2D eigenvalue weighted by Gasteiger charge is -2.26. The Hall–Kier alpha value is -1.79. The Morgan fingerprint density at radius 3 is 2.35 bits per heavy atom. The van der Waals surface area contributed by atoms with Crippen molar-refractivity contribution in [2.24, 2.45) is 0 Å². The average Bonchev–Trinajstić information content (AvgIpc) is 3.43. The van der Waals surface area contributed by atoms with Crippen molar-refractivity contribution < 1.29 is 19.5 Å². The molecule has 0 aliphatic heterocycles. The minimum Gasteiger partial charge on any atom is -0.480 e. The van der Waals surface area contributed by atoms with E-state index in [2.05, 4.69) is 10.6 Å². The number of hydrogen-bond acceptors (Lipinski definition) is 3. The summed E-state index contributed by atoms with van der Waals surface area (Å²) in [4.78, 5) is 36.8. The van der Waals surface area contributed by atoms with Crippen molar-refractivity contribution in [1.29, 1.82) is 0 Å². The fourth-order valence-corrected chi connectivity index (χ4v) is 3.60. The Morgan fingerprint density at radius 2 is 1.73 bits per heavy atom. The third-order valence-electron chi connectivity index (χ3n) is 5.30. The van der Waals surface area contributed by atoms with Crippen LogP contribution in [0.3, 0.4) is 0 Å². The second kappa shape index (κ2) is 10.4. The molecule has 0 spiro atoms. The molecule has 0 saturated heterocycles. The molecule has 0 radical (unpaired) electrons. The maximum Gasteiger partial charge on any atom is 0.326 e. The molecule has 7 nitrogen and oxygen atoms in total. The largest absolute Gasteiger partial charge is 0.480 e. The van der Waals surface area contributed by atoms with E-state index in [1.165, 1.54) is 24.2 Å². The third kappa shape index (κ3) is 6.84. The minimum atomic E-state index is -0.946. The summed E-state index contributed by atoms with van der Waals surface area (Å²) in [6.07, 6.45) is 10.4. The summed E-state index contributed by atoms with van der Waals surface area (Å²) < 4.78 is 0. The van der Waals surface area contributed by atoms with Crippen LogP contribution in [0.1, 0.15) is 77.6 Å². The van der Waals surface area contributed by atoms with Gasteiger partial charge in [0.1, 0.15) is 6.04 Å². The minimum absolute atomic E-state index is 0.0644. The predicted octanol–water partition coefficient (Wildman–Crippen LogP) is 2.64. The molecule has 148 valence electrons. The number of carboxylic acids is 1. The van der Waals surface area contributed by atoms with Crippen LogP contribution >= 0.6 is 0 Å². The van der Waals surface area contributed by atoms with Crippen LogP contribution in [0.25, 0.3) is 0 Å². The van der Waals surface area contributed by atoms with Crippen molar-refractivity contribution in [2.75, 3.05) is 6.54 Å². The first-order chi connectivity index (χ1) is 12.5. The van der Waals surface area contributed by atoms with E-state index >= 15 is 0 Å². The Balaban J connectivity index is 1.54. The number of carboxylic acid groups (broad SMARTS) is 1. The van der Waals surface area contributed by atoms with Gasteiger partial charge in [0, 0.05) is 25.0 Å². The maximum atomic E-state index is 12.3. The summed E-state index contributed by atoms with van der Waals surface area (Å²) in [6, 6.07) is -0.423. The number of carbonyl (C=O) groups is 3. The van der Waals surface area contributed by atoms with E-state index in [-0.39, 0.29) is 18.0 Å². The lowest BCUT2D eigenvalue weighted by molar-refractivity contribution is -0.150. The molecule has 1 atom stereocenters. The SMILES string of the molecule is CC(C(=O)O)N(C(=O)CCCCCNC(=O)NC1CCCCC1)C1CC1. The molecule has 2 aliphatic rings. The molecule has 2 aliphatic carbocycles. The van der Waals surface area contributed by atoms with Crippen molar-refractivity contribution >= 4 is 17.9 Å². The van der Waals surface area contributed by atoms with Crippen LogP contribution in [0.4, 0.5) is 4.79 Å². The van der Waals surface area contributed by atoms with Gasteiger partial charge in [-0.25, -0.2) is 9.59 Å². The molecule has 0 aromatic heterocycles. The van der Waals surface area contributed by atoms with Crippen molar-refractivity contribution in [2.45, 2.75) is 95.7 Å². The number of carbonyl (C=O) groups excluding carboxylic acids is 2. The Kier molecular flexibility index (Phi) is 8.19. The van der Waals surface area contributed by atoms with Gasteiger partial charge in [-0.3, -0.25) is 4.79 Å². The monoisotopic (exact) mass is 367 g/mol. The molecule has 1 unspecified atom stereocenters. The second-order valence-electron chi connectivity index (χ2n) is 7.59. The van der Waals surface area contributed by atoms with E-state index in [0.29, 0.717) is 19.0 Å². The molecule has 0 aromatic rings. The van der Waals surface area contributed by atoms with Crippen LogP contribution in [-0.4, -0.2) is 52.6 Å². The Bertz CT molecular complexity index is 487. The summed E-state index contributed by atoms with van der Waals surface area (Å²) in [6.45, 7) is 2.18. The zero-order chi connectivity index (χ0) is 18.9. The topological polar surface area (TPSA) is 98.7 Å². The third-order valence-corrected chi connectivity index (χ3v) is 5.30. The predicted molar refractivity (Wildman–Crippen MR) is 98.8 cm³/mol. The summed E-state index contributed by atoms with van der Waals surface area (Å²) in [7, 11) is 0. The van der Waals surface area contributed by atoms with Gasteiger partial charge in [0.2, 0.25) is 5.91 Å². The van der Waals surface area contributed by atoms with Crippen LogP contribution in [0.15, 0.2) is 0 Å². The quantitative estimate of drug-likeness (QED) is 0.517. The summed E-state index contributed by atoms with van der Waals surface area (Å²) in [5.41, 5.74) is 0. The van der Waals surface area contributed by atoms with Gasteiger partial charge in [-0.05, 0) is 45.4 Å². The molecule has 0 bridgehead atoms. The normalized spacial score (nSPS) is 18.8. The van der Waals surface area contributed by atoms with Crippen LogP contribution in [0.5, 0.6) is 0 Å². The molecule has 2 saturated carbocycles. The highest BCUT2D eigenvalue weighted by molar-refractivity contribution is 5.84. The van der Waals surface area contributed by atoms with E-state index in [9.17, 15) is 14.4 Å². The van der Waals surface area contributed by atoms with Gasteiger partial charge in [-0.1, -0.05) is 25.7 Å². The summed E-state index contributed by atoms with van der Waals surface area (Å²) in [5.74, 6) is -1.01. The molecule has 3 amide bonds. The van der Waals surface area contributed by atoms with Crippen molar-refractivity contribution in [3.05, 3.63) is 0 Å². The molecule has 2 fully saturated rings. The van der Waals surface area contributed by atoms with Crippen LogP contribution in [0, 0.1) is 0 Å². The first-order valence-corrected chi connectivity index (χ1v) is 10.1. The number of nitrogens with zero attached hydrogens (tertiary/aromatic N) is 1. The van der Waals surface area contributed by atoms with Gasteiger partial charge in [0.15, 0.2) is 0 Å². The van der Waals surface area contributed by atoms with Crippen LogP contribution in [0.2, 0.25) is 0 Å². The second-order valence-corrected chi connectivity index (χ2v) is 7.59. The van der Waals surface area contributed by atoms with Crippen molar-refractivity contribution in [3.8, 4) is 0 Å². The van der Waals surface area contributed by atoms with Gasteiger partial charge in [-0.2, -0.15) is 0 Å². The molecule has 3 N–H and O–H groups in total. The first kappa shape index (κ1) is 20.5. The van der Waals surface area contributed by atoms with Crippen LogP contribution < -0.4 is 10.6 Å². The number of unbranched alkanes of at least 4 members (excludes halogenated alkanes) is 2. The first-order valence-electron chi connectivity index (χ1n) is 10.1. The lowest BCUT2D eigenvalue weighted by Crippen LogP contribution is -2.44. The van der Waals surface area contributed by atoms with Gasteiger partial charge < -0.3 is 20.6 Å². The van der Waals surface area contributed by atoms with Gasteiger partial charge in [0.05, 0.1) is 0 Å². The highest BCUT2D eigenvalue weighted by atomic mass is 16.4. The highest BCUT2D eigenvalue weighted by Gasteiger charge is 2.37. The molecule has 0 heterocycles. The number of aliphatic carboxylic acids is 1. The maximum absolute atomic E-state index is 12.3. The van der Waals surface area contributed by atoms with E-state index < -0.39 is 12.0 Å². The molecular formula is C19H33N3O4. The van der Waals surface area contributed by atoms with Gasteiger partial charge >= 0.3 is 12.0 Å². The molecule has 0 aromatic carbocycles. The average molecular weight is 367 g/mol. The number of nitrogens with one attached hydrogen (secondary N) is 2. The molecule has 2 rings (SSSR count). The standard InChI is InChI=1S/C19H33N3O4/c1-14(18(24)25)22(16-11-12-16)17(23)10-6-3-7-13-20-19(26)21-15-8-4-2-5-9-15/h14-16H,2-13H2,1H3,(H,24,25)(H2,20,21,26). The molecule has 7 heteroatoms. The van der Waals surface area contributed by atoms with E-state index in [1.54, 1.807) is 6.92 Å². The van der Waals surface area contributed by atoms with Gasteiger partial charge in [0.25, 0.3) is 0 Å². The highest BCUT2D eigenvalue weighted by Crippen LogP contribution is 2.29. The molecular weight excluding hydrogens is 334 g/mol. The zero-order valence-electron chi connectivity index (χ0n) is 15.8. The van der Waals surface area contributed by atoms with Crippen molar-refractivity contribution in [1.82, 2.24) is 15.5 Å². The van der Waals surface area contributed by atoms with Gasteiger partial charge in [-0.15, -0.1) is 0 Å². The summed E-state index contributed by atoms with van der Waals surface area (Å²) >= 11 is 0. The number of hydrogen-bond donors (Lipinski definition) is 3. The van der Waals surface area contributed by atoms with Crippen molar-refractivity contribution in [3.63, 3.8) is 0 Å². The number of rotatable bonds is 10. The number of urea groups is 1. The van der Waals surface area contributed by atoms with E-state index in [4.69, 9.17) is 5.11 Å². The number of amides is 3. The Morgan fingerprint density at radius 1 is 1.04 bits per heavy atom. The fraction of sp³-hybridized carbons (Fsp3) is 0.842. The lowest BCUT2D eigenvalue weighted by atomic mass is 9.96. The molecule has 26 heavy (non-hydrogen) atoms. The van der Waals surface area contributed by atoms with E-state index in [0.717, 1.165) is 44.9 Å². The smallest absolute Gasteiger partial charge is 0.326 e. The zero-order valence-corrected chi connectivity index (χ0v) is 15.8. The van der Waals surface area contributed by atoms with Crippen LogP contribution in [-0.2, 0) is 9.59 Å². The summed E-state index contributed by atoms with van der Waals surface area (Å²) in [5, 5.41) is 15.0.